The van der Waals surface area contributed by atoms with Crippen LogP contribution >= 0.6 is 0 Å². The minimum Gasteiger partial charge on any atom is -0.494 e. The summed E-state index contributed by atoms with van der Waals surface area (Å²) in [6.07, 6.45) is 0.345. The average molecular weight is 286 g/mol. The van der Waals surface area contributed by atoms with Gasteiger partial charge in [0.15, 0.2) is 0 Å². The zero-order chi connectivity index (χ0) is 15.1. The van der Waals surface area contributed by atoms with Gasteiger partial charge in [-0.15, -0.1) is 0 Å². The van der Waals surface area contributed by atoms with E-state index in [1.807, 2.05) is 55.5 Å². The monoisotopic (exact) mass is 286 g/mol. The van der Waals surface area contributed by atoms with Crippen LogP contribution in [0.1, 0.15) is 37.5 Å². The average Bonchev–Trinajstić information content (AvgIpc) is 2.54. The molecule has 3 nitrogen and oxygen atoms in total. The predicted molar refractivity (Wildman–Crippen MR) is 83.9 cm³/mol. The quantitative estimate of drug-likeness (QED) is 0.837. The lowest BCUT2D eigenvalue weighted by Gasteiger charge is -2.13. The van der Waals surface area contributed by atoms with Crippen LogP contribution in [-0.4, -0.2) is 18.3 Å². The van der Waals surface area contributed by atoms with Crippen LogP contribution in [0.4, 0.5) is 0 Å². The maximum atomic E-state index is 10.4. The standard InChI is InChI=1S/C18H22O3/c1-3-13-21-17-11-7-15(8-12-17)18(19)14-5-9-16(10-6-14)20-4-2/h5-12,18-19H,3-4,13H2,1-2H3. The Hall–Kier alpha value is -2.00. The number of aliphatic hydroxyl groups excluding tert-OH is 1. The van der Waals surface area contributed by atoms with Gasteiger partial charge in [0.25, 0.3) is 0 Å². The molecule has 1 atom stereocenters. The Labute approximate surface area is 126 Å². The van der Waals surface area contributed by atoms with Gasteiger partial charge in [0.2, 0.25) is 0 Å². The first kappa shape index (κ1) is 15.4. The summed E-state index contributed by atoms with van der Waals surface area (Å²) in [6, 6.07) is 15.1. The summed E-state index contributed by atoms with van der Waals surface area (Å²) in [5.41, 5.74) is 1.70. The van der Waals surface area contributed by atoms with E-state index >= 15 is 0 Å². The van der Waals surface area contributed by atoms with Gasteiger partial charge in [-0.3, -0.25) is 0 Å². The molecular weight excluding hydrogens is 264 g/mol. The summed E-state index contributed by atoms with van der Waals surface area (Å²) < 4.78 is 10.9. The highest BCUT2D eigenvalue weighted by molar-refractivity contribution is 5.36. The van der Waals surface area contributed by atoms with Crippen LogP contribution in [0.25, 0.3) is 0 Å². The number of aliphatic hydroxyl groups is 1. The lowest BCUT2D eigenvalue weighted by molar-refractivity contribution is 0.220. The highest BCUT2D eigenvalue weighted by Gasteiger charge is 2.10. The van der Waals surface area contributed by atoms with E-state index < -0.39 is 6.10 Å². The second-order valence-electron chi connectivity index (χ2n) is 4.82. The van der Waals surface area contributed by atoms with Crippen molar-refractivity contribution in [2.45, 2.75) is 26.4 Å². The van der Waals surface area contributed by atoms with Crippen molar-refractivity contribution in [3.63, 3.8) is 0 Å². The van der Waals surface area contributed by atoms with Crippen LogP contribution in [0, 0.1) is 0 Å². The van der Waals surface area contributed by atoms with Crippen molar-refractivity contribution < 1.29 is 14.6 Å². The zero-order valence-corrected chi connectivity index (χ0v) is 12.6. The summed E-state index contributed by atoms with van der Waals surface area (Å²) in [5, 5.41) is 10.4. The van der Waals surface area contributed by atoms with Crippen molar-refractivity contribution >= 4 is 0 Å². The fourth-order valence-electron chi connectivity index (χ4n) is 2.07. The third-order valence-corrected chi connectivity index (χ3v) is 3.18. The van der Waals surface area contributed by atoms with E-state index in [4.69, 9.17) is 9.47 Å². The van der Waals surface area contributed by atoms with Crippen LogP contribution < -0.4 is 9.47 Å². The maximum Gasteiger partial charge on any atom is 0.119 e. The van der Waals surface area contributed by atoms with Crippen LogP contribution in [0.5, 0.6) is 11.5 Å². The summed E-state index contributed by atoms with van der Waals surface area (Å²) >= 11 is 0. The van der Waals surface area contributed by atoms with Gasteiger partial charge >= 0.3 is 0 Å². The molecule has 3 heteroatoms. The van der Waals surface area contributed by atoms with E-state index in [2.05, 4.69) is 6.92 Å². The van der Waals surface area contributed by atoms with Crippen molar-refractivity contribution in [3.8, 4) is 11.5 Å². The molecule has 2 aromatic carbocycles. The summed E-state index contributed by atoms with van der Waals surface area (Å²) in [5.74, 6) is 1.65. The van der Waals surface area contributed by atoms with Crippen LogP contribution in [0.3, 0.4) is 0 Å². The van der Waals surface area contributed by atoms with Crippen molar-refractivity contribution in [1.29, 1.82) is 0 Å². The first-order chi connectivity index (χ1) is 10.2. The highest BCUT2D eigenvalue weighted by Crippen LogP contribution is 2.25. The molecule has 0 amide bonds. The van der Waals surface area contributed by atoms with Gasteiger partial charge in [-0.1, -0.05) is 31.2 Å². The zero-order valence-electron chi connectivity index (χ0n) is 12.6. The summed E-state index contributed by atoms with van der Waals surface area (Å²) in [4.78, 5) is 0. The van der Waals surface area contributed by atoms with E-state index in [9.17, 15) is 5.11 Å². The Balaban J connectivity index is 2.06. The molecule has 0 heterocycles. The Morgan fingerprint density at radius 3 is 1.71 bits per heavy atom. The first-order valence-electron chi connectivity index (χ1n) is 7.38. The Morgan fingerprint density at radius 1 is 0.810 bits per heavy atom. The van der Waals surface area contributed by atoms with Gasteiger partial charge in [-0.25, -0.2) is 0 Å². The smallest absolute Gasteiger partial charge is 0.119 e. The SMILES string of the molecule is CCCOc1ccc(C(O)c2ccc(OCC)cc2)cc1. The fourth-order valence-corrected chi connectivity index (χ4v) is 2.07. The van der Waals surface area contributed by atoms with Gasteiger partial charge < -0.3 is 14.6 Å². The van der Waals surface area contributed by atoms with Crippen molar-refractivity contribution in [3.05, 3.63) is 59.7 Å². The third kappa shape index (κ3) is 4.23. The summed E-state index contributed by atoms with van der Waals surface area (Å²) in [7, 11) is 0. The molecule has 0 spiro atoms. The van der Waals surface area contributed by atoms with E-state index in [0.717, 1.165) is 29.0 Å². The molecule has 0 saturated carbocycles. The molecule has 2 rings (SSSR count). The van der Waals surface area contributed by atoms with Gasteiger partial charge in [-0.05, 0) is 48.7 Å². The summed E-state index contributed by atoms with van der Waals surface area (Å²) in [6.45, 7) is 5.37. The number of rotatable bonds is 7. The third-order valence-electron chi connectivity index (χ3n) is 3.18. The molecule has 1 N–H and O–H groups in total. The normalized spacial score (nSPS) is 12.0. The van der Waals surface area contributed by atoms with Crippen LogP contribution in [-0.2, 0) is 0 Å². The van der Waals surface area contributed by atoms with E-state index in [-0.39, 0.29) is 0 Å². The van der Waals surface area contributed by atoms with E-state index in [1.165, 1.54) is 0 Å². The fraction of sp³-hybridized carbons (Fsp3) is 0.333. The molecule has 21 heavy (non-hydrogen) atoms. The van der Waals surface area contributed by atoms with Crippen LogP contribution in [0.15, 0.2) is 48.5 Å². The molecule has 0 aromatic heterocycles. The molecule has 0 aliphatic carbocycles. The number of ether oxygens (including phenoxy) is 2. The molecule has 0 aliphatic heterocycles. The highest BCUT2D eigenvalue weighted by atomic mass is 16.5. The van der Waals surface area contributed by atoms with Gasteiger partial charge in [0.1, 0.15) is 17.6 Å². The van der Waals surface area contributed by atoms with Crippen molar-refractivity contribution in [2.24, 2.45) is 0 Å². The molecule has 0 aliphatic rings. The number of hydrogen-bond acceptors (Lipinski definition) is 3. The maximum absolute atomic E-state index is 10.4. The first-order valence-corrected chi connectivity index (χ1v) is 7.38. The lowest BCUT2D eigenvalue weighted by atomic mass is 10.0. The van der Waals surface area contributed by atoms with E-state index in [0.29, 0.717) is 13.2 Å². The Morgan fingerprint density at radius 2 is 1.29 bits per heavy atom. The second kappa shape index (κ2) is 7.70. The number of benzene rings is 2. The second-order valence-corrected chi connectivity index (χ2v) is 4.82. The van der Waals surface area contributed by atoms with Crippen molar-refractivity contribution in [2.75, 3.05) is 13.2 Å². The lowest BCUT2D eigenvalue weighted by Crippen LogP contribution is -2.01. The van der Waals surface area contributed by atoms with Crippen molar-refractivity contribution in [1.82, 2.24) is 0 Å². The molecule has 0 bridgehead atoms. The minimum absolute atomic E-state index is 0.638. The predicted octanol–water partition coefficient (Wildman–Crippen LogP) is 3.96. The molecule has 0 saturated heterocycles. The largest absolute Gasteiger partial charge is 0.494 e. The molecule has 2 aromatic rings. The van der Waals surface area contributed by atoms with Crippen LogP contribution in [0.2, 0.25) is 0 Å². The molecule has 0 radical (unpaired) electrons. The number of hydrogen-bond donors (Lipinski definition) is 1. The van der Waals surface area contributed by atoms with Gasteiger partial charge in [0.05, 0.1) is 13.2 Å². The molecular formula is C18H22O3. The van der Waals surface area contributed by atoms with Gasteiger partial charge in [-0.2, -0.15) is 0 Å². The molecule has 1 unspecified atom stereocenters. The minimum atomic E-state index is -0.638. The molecule has 0 fully saturated rings. The Bertz CT molecular complexity index is 531. The molecule has 112 valence electrons. The Kier molecular flexibility index (Phi) is 5.64. The van der Waals surface area contributed by atoms with Gasteiger partial charge in [0, 0.05) is 0 Å². The van der Waals surface area contributed by atoms with E-state index in [1.54, 1.807) is 0 Å². The topological polar surface area (TPSA) is 38.7 Å².